The molecule has 2 fully saturated rings. The van der Waals surface area contributed by atoms with Crippen LogP contribution >= 0.6 is 11.3 Å². The summed E-state index contributed by atoms with van der Waals surface area (Å²) in [6.07, 6.45) is 0.705. The number of carbonyl (C=O) groups is 3. The molecule has 2 aliphatic rings. The molecular weight excluding hydrogens is 392 g/mol. The SMILES string of the molecule is Cc1cccc(C(=O)N2[C@H](C(=O)[O-])COC23CCN(C(=O)c2cccs2)CC3)c1. The van der Waals surface area contributed by atoms with Crippen LogP contribution in [0.1, 0.15) is 38.4 Å². The van der Waals surface area contributed by atoms with Crippen molar-refractivity contribution >= 4 is 29.1 Å². The first-order valence-corrected chi connectivity index (χ1v) is 10.4. The number of thiophene rings is 1. The summed E-state index contributed by atoms with van der Waals surface area (Å²) in [7, 11) is 0. The van der Waals surface area contributed by atoms with Crippen LogP contribution in [0.3, 0.4) is 0 Å². The van der Waals surface area contributed by atoms with Crippen molar-refractivity contribution < 1.29 is 24.2 Å². The number of carboxylic acid groups (broad SMARTS) is 1. The average molecular weight is 413 g/mol. The molecule has 2 aromatic rings. The van der Waals surface area contributed by atoms with Crippen LogP contribution in [-0.4, -0.2) is 59.0 Å². The van der Waals surface area contributed by atoms with Gasteiger partial charge in [-0.15, -0.1) is 11.3 Å². The summed E-state index contributed by atoms with van der Waals surface area (Å²) in [4.78, 5) is 41.3. The molecule has 0 bridgehead atoms. The molecule has 0 radical (unpaired) electrons. The highest BCUT2D eigenvalue weighted by Gasteiger charge is 2.52. The molecule has 0 N–H and O–H groups in total. The number of amides is 2. The lowest BCUT2D eigenvalue weighted by molar-refractivity contribution is -0.310. The Labute approximate surface area is 172 Å². The molecule has 8 heteroatoms. The number of ether oxygens (including phenoxy) is 1. The van der Waals surface area contributed by atoms with Crippen molar-refractivity contribution in [1.82, 2.24) is 9.80 Å². The van der Waals surface area contributed by atoms with E-state index in [1.807, 2.05) is 24.4 Å². The van der Waals surface area contributed by atoms with Crippen molar-refractivity contribution in [2.45, 2.75) is 31.5 Å². The van der Waals surface area contributed by atoms with Gasteiger partial charge in [-0.1, -0.05) is 23.8 Å². The lowest BCUT2D eigenvalue weighted by atomic mass is 9.96. The van der Waals surface area contributed by atoms with Crippen molar-refractivity contribution in [2.24, 2.45) is 0 Å². The minimum Gasteiger partial charge on any atom is -0.548 e. The lowest BCUT2D eigenvalue weighted by Gasteiger charge is -2.44. The first-order valence-electron chi connectivity index (χ1n) is 9.49. The Morgan fingerprint density at radius 3 is 2.52 bits per heavy atom. The predicted molar refractivity (Wildman–Crippen MR) is 104 cm³/mol. The zero-order chi connectivity index (χ0) is 20.6. The fourth-order valence-corrected chi connectivity index (χ4v) is 4.77. The molecular formula is C21H21N2O5S-. The number of piperidine rings is 1. The number of benzene rings is 1. The number of carboxylic acids is 1. The summed E-state index contributed by atoms with van der Waals surface area (Å²) in [5.41, 5.74) is 0.280. The fourth-order valence-electron chi connectivity index (χ4n) is 4.08. The Bertz CT molecular complexity index is 934. The number of nitrogens with zero attached hydrogens (tertiary/aromatic N) is 2. The van der Waals surface area contributed by atoms with E-state index in [1.165, 1.54) is 16.2 Å². The second kappa shape index (κ2) is 7.61. The van der Waals surface area contributed by atoms with Crippen LogP contribution < -0.4 is 5.11 Å². The Kier molecular flexibility index (Phi) is 5.14. The van der Waals surface area contributed by atoms with Gasteiger partial charge in [0.15, 0.2) is 0 Å². The van der Waals surface area contributed by atoms with E-state index < -0.39 is 23.6 Å². The number of aliphatic carboxylic acids is 1. The Hall–Kier alpha value is -2.71. The molecule has 29 heavy (non-hydrogen) atoms. The van der Waals surface area contributed by atoms with Crippen LogP contribution in [0.25, 0.3) is 0 Å². The third-order valence-corrected chi connectivity index (χ3v) is 6.44. The summed E-state index contributed by atoms with van der Waals surface area (Å²) in [5.74, 6) is -1.78. The summed E-state index contributed by atoms with van der Waals surface area (Å²) < 4.78 is 5.91. The monoisotopic (exact) mass is 413 g/mol. The van der Waals surface area contributed by atoms with Gasteiger partial charge in [0.25, 0.3) is 11.8 Å². The molecule has 0 aliphatic carbocycles. The van der Waals surface area contributed by atoms with Crippen molar-refractivity contribution in [3.63, 3.8) is 0 Å². The zero-order valence-corrected chi connectivity index (χ0v) is 16.8. The zero-order valence-electron chi connectivity index (χ0n) is 16.0. The van der Waals surface area contributed by atoms with Crippen LogP contribution in [-0.2, 0) is 9.53 Å². The molecule has 2 saturated heterocycles. The van der Waals surface area contributed by atoms with Gasteiger partial charge in [0.2, 0.25) is 0 Å². The van der Waals surface area contributed by atoms with Gasteiger partial charge in [0.05, 0.1) is 23.5 Å². The first kappa shape index (κ1) is 19.6. The van der Waals surface area contributed by atoms with Gasteiger partial charge >= 0.3 is 0 Å². The van der Waals surface area contributed by atoms with Gasteiger partial charge < -0.3 is 19.5 Å². The smallest absolute Gasteiger partial charge is 0.263 e. The quantitative estimate of drug-likeness (QED) is 0.756. The van der Waals surface area contributed by atoms with E-state index in [4.69, 9.17) is 4.74 Å². The summed E-state index contributed by atoms with van der Waals surface area (Å²) in [6.45, 7) is 2.53. The van der Waals surface area contributed by atoms with Crippen LogP contribution in [0.15, 0.2) is 41.8 Å². The summed E-state index contributed by atoms with van der Waals surface area (Å²) >= 11 is 1.38. The molecule has 1 atom stereocenters. The van der Waals surface area contributed by atoms with Gasteiger partial charge in [0.1, 0.15) is 5.72 Å². The molecule has 0 saturated carbocycles. The van der Waals surface area contributed by atoms with Gasteiger partial charge in [-0.2, -0.15) is 0 Å². The first-order chi connectivity index (χ1) is 13.9. The number of hydrogen-bond acceptors (Lipinski definition) is 6. The van der Waals surface area contributed by atoms with Crippen molar-refractivity contribution in [3.05, 3.63) is 57.8 Å². The van der Waals surface area contributed by atoms with E-state index in [-0.39, 0.29) is 12.5 Å². The summed E-state index contributed by atoms with van der Waals surface area (Å²) in [5, 5.41) is 13.6. The molecule has 1 spiro atoms. The molecule has 1 aromatic carbocycles. The topological polar surface area (TPSA) is 90.0 Å². The third-order valence-electron chi connectivity index (χ3n) is 5.58. The van der Waals surface area contributed by atoms with Crippen LogP contribution in [0, 0.1) is 6.92 Å². The molecule has 3 heterocycles. The van der Waals surface area contributed by atoms with E-state index >= 15 is 0 Å². The third kappa shape index (κ3) is 3.54. The van der Waals surface area contributed by atoms with Crippen LogP contribution in [0.2, 0.25) is 0 Å². The number of carbonyl (C=O) groups excluding carboxylic acids is 3. The largest absolute Gasteiger partial charge is 0.548 e. The molecule has 4 rings (SSSR count). The highest BCUT2D eigenvalue weighted by atomic mass is 32.1. The maximum atomic E-state index is 13.3. The molecule has 2 aliphatic heterocycles. The second-order valence-electron chi connectivity index (χ2n) is 7.41. The van der Waals surface area contributed by atoms with E-state index in [0.29, 0.717) is 36.4 Å². The van der Waals surface area contributed by atoms with Gasteiger partial charge in [0, 0.05) is 31.5 Å². The van der Waals surface area contributed by atoms with E-state index in [1.54, 1.807) is 29.2 Å². The highest BCUT2D eigenvalue weighted by Crippen LogP contribution is 2.38. The van der Waals surface area contributed by atoms with E-state index in [9.17, 15) is 19.5 Å². The van der Waals surface area contributed by atoms with Gasteiger partial charge in [-0.25, -0.2) is 0 Å². The maximum Gasteiger partial charge on any atom is 0.263 e. The lowest BCUT2D eigenvalue weighted by Crippen LogP contribution is -2.60. The standard InChI is InChI=1S/C21H22N2O5S/c1-14-4-2-5-15(12-14)18(24)23-16(20(26)27)13-28-21(23)7-9-22(10-8-21)19(25)17-6-3-11-29-17/h2-6,11-12,16H,7-10,13H2,1H3,(H,26,27)/p-1/t16-/m0/s1. The summed E-state index contributed by atoms with van der Waals surface area (Å²) in [6, 6.07) is 9.50. The molecule has 7 nitrogen and oxygen atoms in total. The van der Waals surface area contributed by atoms with E-state index in [2.05, 4.69) is 0 Å². The normalized spacial score (nSPS) is 20.8. The number of aryl methyl sites for hydroxylation is 1. The molecule has 0 unspecified atom stereocenters. The van der Waals surface area contributed by atoms with Gasteiger partial charge in [-0.05, 0) is 30.5 Å². The molecule has 1 aromatic heterocycles. The number of hydrogen-bond donors (Lipinski definition) is 0. The molecule has 2 amide bonds. The van der Waals surface area contributed by atoms with Crippen molar-refractivity contribution in [2.75, 3.05) is 19.7 Å². The van der Waals surface area contributed by atoms with Gasteiger partial charge in [-0.3, -0.25) is 14.5 Å². The Morgan fingerprint density at radius 2 is 1.90 bits per heavy atom. The number of rotatable bonds is 3. The maximum absolute atomic E-state index is 13.3. The van der Waals surface area contributed by atoms with E-state index in [0.717, 1.165) is 5.56 Å². The highest BCUT2D eigenvalue weighted by molar-refractivity contribution is 7.12. The van der Waals surface area contributed by atoms with Crippen molar-refractivity contribution in [3.8, 4) is 0 Å². The number of likely N-dealkylation sites (tertiary alicyclic amines) is 1. The van der Waals surface area contributed by atoms with Crippen LogP contribution in [0.4, 0.5) is 0 Å². The second-order valence-corrected chi connectivity index (χ2v) is 8.35. The average Bonchev–Trinajstić information content (AvgIpc) is 3.36. The van der Waals surface area contributed by atoms with Crippen molar-refractivity contribution in [1.29, 1.82) is 0 Å². The fraction of sp³-hybridized carbons (Fsp3) is 0.381. The Balaban J connectivity index is 1.58. The minimum absolute atomic E-state index is 0.0548. The molecule has 152 valence electrons. The Morgan fingerprint density at radius 1 is 1.14 bits per heavy atom. The van der Waals surface area contributed by atoms with Crippen LogP contribution in [0.5, 0.6) is 0 Å². The predicted octanol–water partition coefficient (Wildman–Crippen LogP) is 1.28. The minimum atomic E-state index is -1.33.